The molecule has 0 bridgehead atoms. The van der Waals surface area contributed by atoms with E-state index in [1.54, 1.807) is 24.3 Å². The van der Waals surface area contributed by atoms with Crippen LogP contribution in [0, 0.1) is 13.8 Å². The van der Waals surface area contributed by atoms with Crippen molar-refractivity contribution in [2.75, 3.05) is 10.6 Å². The highest BCUT2D eigenvalue weighted by Crippen LogP contribution is 2.21. The second kappa shape index (κ2) is 6.36. The van der Waals surface area contributed by atoms with Crippen molar-refractivity contribution < 1.29 is 14.7 Å². The standard InChI is InChI=1S/C14H15N3O3S/c1-8-9(2)21-14(15-8)17-13(20)16-11-5-3-10(4-6-11)7-12(18)19/h3-6H,7H2,1-2H3,(H,18,19)(H2,15,16,17,20). The Balaban J connectivity index is 1.94. The normalized spacial score (nSPS) is 10.2. The van der Waals surface area contributed by atoms with E-state index in [1.165, 1.54) is 11.3 Å². The Hall–Kier alpha value is -2.41. The summed E-state index contributed by atoms with van der Waals surface area (Å²) in [7, 11) is 0. The number of carboxylic acids is 1. The van der Waals surface area contributed by atoms with Crippen molar-refractivity contribution in [3.05, 3.63) is 40.4 Å². The summed E-state index contributed by atoms with van der Waals surface area (Å²) in [6.45, 7) is 3.83. The maximum absolute atomic E-state index is 11.8. The minimum Gasteiger partial charge on any atom is -0.481 e. The average molecular weight is 305 g/mol. The number of nitrogens with one attached hydrogen (secondary N) is 2. The first kappa shape index (κ1) is 15.0. The van der Waals surface area contributed by atoms with Crippen LogP contribution in [0.15, 0.2) is 24.3 Å². The first-order chi connectivity index (χ1) is 9.94. The van der Waals surface area contributed by atoms with Gasteiger partial charge in [-0.2, -0.15) is 0 Å². The maximum Gasteiger partial charge on any atom is 0.325 e. The van der Waals surface area contributed by atoms with E-state index in [9.17, 15) is 9.59 Å². The fraction of sp³-hybridized carbons (Fsp3) is 0.214. The van der Waals surface area contributed by atoms with E-state index in [0.29, 0.717) is 16.4 Å². The number of aryl methyl sites for hydroxylation is 2. The summed E-state index contributed by atoms with van der Waals surface area (Å²) in [5, 5.41) is 14.6. The molecule has 1 heterocycles. The average Bonchev–Trinajstić information content (AvgIpc) is 2.70. The van der Waals surface area contributed by atoms with Gasteiger partial charge in [-0.3, -0.25) is 10.1 Å². The molecule has 0 saturated heterocycles. The van der Waals surface area contributed by atoms with Gasteiger partial charge in [0.25, 0.3) is 0 Å². The van der Waals surface area contributed by atoms with E-state index in [4.69, 9.17) is 5.11 Å². The van der Waals surface area contributed by atoms with Crippen LogP contribution >= 0.6 is 11.3 Å². The molecule has 1 aromatic heterocycles. The molecule has 0 fully saturated rings. The highest BCUT2D eigenvalue weighted by atomic mass is 32.1. The molecule has 0 unspecified atom stereocenters. The highest BCUT2D eigenvalue weighted by Gasteiger charge is 2.08. The molecule has 0 spiro atoms. The van der Waals surface area contributed by atoms with Crippen LogP contribution in [0.5, 0.6) is 0 Å². The number of aromatic nitrogens is 1. The topological polar surface area (TPSA) is 91.3 Å². The second-order valence-corrected chi connectivity index (χ2v) is 5.71. The molecule has 2 rings (SSSR count). The lowest BCUT2D eigenvalue weighted by atomic mass is 10.1. The number of carbonyl (C=O) groups is 2. The Morgan fingerprint density at radius 3 is 2.38 bits per heavy atom. The van der Waals surface area contributed by atoms with Gasteiger partial charge in [0, 0.05) is 10.6 Å². The van der Waals surface area contributed by atoms with E-state index in [1.807, 2.05) is 13.8 Å². The molecular weight excluding hydrogens is 290 g/mol. The van der Waals surface area contributed by atoms with Crippen LogP contribution in [-0.2, 0) is 11.2 Å². The molecule has 21 heavy (non-hydrogen) atoms. The van der Waals surface area contributed by atoms with E-state index in [0.717, 1.165) is 10.6 Å². The van der Waals surface area contributed by atoms with Crippen molar-refractivity contribution in [2.24, 2.45) is 0 Å². The van der Waals surface area contributed by atoms with Gasteiger partial charge < -0.3 is 10.4 Å². The molecule has 2 aromatic rings. The minimum atomic E-state index is -0.886. The largest absolute Gasteiger partial charge is 0.481 e. The number of carboxylic acid groups (broad SMARTS) is 1. The number of anilines is 2. The molecule has 0 radical (unpaired) electrons. The number of hydrogen-bond acceptors (Lipinski definition) is 4. The number of amides is 2. The molecule has 0 atom stereocenters. The molecule has 0 aliphatic heterocycles. The number of nitrogens with zero attached hydrogens (tertiary/aromatic N) is 1. The van der Waals surface area contributed by atoms with E-state index >= 15 is 0 Å². The Morgan fingerprint density at radius 2 is 1.86 bits per heavy atom. The van der Waals surface area contributed by atoms with Crippen LogP contribution < -0.4 is 10.6 Å². The van der Waals surface area contributed by atoms with Crippen LogP contribution in [0.2, 0.25) is 0 Å². The molecule has 2 amide bonds. The van der Waals surface area contributed by atoms with Crippen molar-refractivity contribution in [3.8, 4) is 0 Å². The quantitative estimate of drug-likeness (QED) is 0.809. The summed E-state index contributed by atoms with van der Waals surface area (Å²) in [5.41, 5.74) is 2.17. The summed E-state index contributed by atoms with van der Waals surface area (Å²) in [5.74, 6) is -0.886. The van der Waals surface area contributed by atoms with Crippen LogP contribution in [0.25, 0.3) is 0 Å². The zero-order valence-electron chi connectivity index (χ0n) is 11.6. The number of rotatable bonds is 4. The summed E-state index contributed by atoms with van der Waals surface area (Å²) >= 11 is 1.41. The Labute approximate surface area is 125 Å². The first-order valence-electron chi connectivity index (χ1n) is 6.27. The molecule has 0 aliphatic carbocycles. The number of thiazole rings is 1. The monoisotopic (exact) mass is 305 g/mol. The fourth-order valence-corrected chi connectivity index (χ4v) is 2.48. The van der Waals surface area contributed by atoms with Gasteiger partial charge in [0.05, 0.1) is 12.1 Å². The molecular formula is C14H15N3O3S. The zero-order valence-corrected chi connectivity index (χ0v) is 12.5. The Morgan fingerprint density at radius 1 is 1.19 bits per heavy atom. The lowest BCUT2D eigenvalue weighted by Crippen LogP contribution is -2.19. The van der Waals surface area contributed by atoms with Gasteiger partial charge in [-0.1, -0.05) is 12.1 Å². The van der Waals surface area contributed by atoms with Gasteiger partial charge in [0.2, 0.25) is 0 Å². The lowest BCUT2D eigenvalue weighted by Gasteiger charge is -2.06. The van der Waals surface area contributed by atoms with Crippen LogP contribution in [0.1, 0.15) is 16.1 Å². The Kier molecular flexibility index (Phi) is 4.54. The third-order valence-electron chi connectivity index (χ3n) is 2.82. The molecule has 110 valence electrons. The first-order valence-corrected chi connectivity index (χ1v) is 7.08. The van der Waals surface area contributed by atoms with Crippen LogP contribution in [0.4, 0.5) is 15.6 Å². The third kappa shape index (κ3) is 4.28. The molecule has 6 nitrogen and oxygen atoms in total. The SMILES string of the molecule is Cc1nc(NC(=O)Nc2ccc(CC(=O)O)cc2)sc1C. The third-order valence-corrected chi connectivity index (χ3v) is 3.80. The van der Waals surface area contributed by atoms with Gasteiger partial charge in [-0.25, -0.2) is 9.78 Å². The van der Waals surface area contributed by atoms with Gasteiger partial charge in [-0.15, -0.1) is 11.3 Å². The van der Waals surface area contributed by atoms with Crippen molar-refractivity contribution in [3.63, 3.8) is 0 Å². The van der Waals surface area contributed by atoms with Crippen molar-refractivity contribution in [1.29, 1.82) is 0 Å². The minimum absolute atomic E-state index is 0.0376. The number of urea groups is 1. The van der Waals surface area contributed by atoms with E-state index < -0.39 is 5.97 Å². The predicted octanol–water partition coefficient (Wildman–Crippen LogP) is 3.03. The van der Waals surface area contributed by atoms with Crippen LogP contribution in [0.3, 0.4) is 0 Å². The van der Waals surface area contributed by atoms with Gasteiger partial charge in [0.1, 0.15) is 0 Å². The molecule has 3 N–H and O–H groups in total. The number of benzene rings is 1. The molecule has 0 saturated carbocycles. The summed E-state index contributed by atoms with van der Waals surface area (Å²) < 4.78 is 0. The Bertz CT molecular complexity index is 645. The van der Waals surface area contributed by atoms with Crippen molar-refractivity contribution >= 4 is 34.2 Å². The molecule has 1 aromatic carbocycles. The van der Waals surface area contributed by atoms with Crippen molar-refractivity contribution in [1.82, 2.24) is 4.98 Å². The zero-order chi connectivity index (χ0) is 15.4. The molecule has 7 heteroatoms. The maximum atomic E-state index is 11.8. The highest BCUT2D eigenvalue weighted by molar-refractivity contribution is 7.15. The van der Waals surface area contributed by atoms with Crippen molar-refractivity contribution in [2.45, 2.75) is 20.3 Å². The number of carbonyl (C=O) groups excluding carboxylic acids is 1. The van der Waals surface area contributed by atoms with Gasteiger partial charge in [0.15, 0.2) is 5.13 Å². The summed E-state index contributed by atoms with van der Waals surface area (Å²) in [6, 6.07) is 6.28. The van der Waals surface area contributed by atoms with E-state index in [-0.39, 0.29) is 12.5 Å². The van der Waals surface area contributed by atoms with Crippen LogP contribution in [-0.4, -0.2) is 22.1 Å². The summed E-state index contributed by atoms with van der Waals surface area (Å²) in [4.78, 5) is 27.7. The second-order valence-electron chi connectivity index (χ2n) is 4.51. The predicted molar refractivity (Wildman–Crippen MR) is 82.0 cm³/mol. The fourth-order valence-electron chi connectivity index (χ4n) is 1.67. The molecule has 0 aliphatic rings. The van der Waals surface area contributed by atoms with Gasteiger partial charge >= 0.3 is 12.0 Å². The van der Waals surface area contributed by atoms with E-state index in [2.05, 4.69) is 15.6 Å². The smallest absolute Gasteiger partial charge is 0.325 e. The summed E-state index contributed by atoms with van der Waals surface area (Å²) in [6.07, 6.45) is -0.0376. The number of hydrogen-bond donors (Lipinski definition) is 3. The van der Waals surface area contributed by atoms with Gasteiger partial charge in [-0.05, 0) is 31.5 Å². The lowest BCUT2D eigenvalue weighted by molar-refractivity contribution is -0.136. The number of aliphatic carboxylic acids is 1.